The molecule has 1 aliphatic heterocycles. The van der Waals surface area contributed by atoms with Gasteiger partial charge in [0.1, 0.15) is 0 Å². The van der Waals surface area contributed by atoms with Gasteiger partial charge in [-0.1, -0.05) is 24.3 Å². The number of nitrogens with one attached hydrogen (secondary N) is 1. The molecule has 0 saturated heterocycles. The van der Waals surface area contributed by atoms with Crippen molar-refractivity contribution in [2.45, 2.75) is 13.3 Å². The van der Waals surface area contributed by atoms with Crippen LogP contribution < -0.4 is 5.32 Å². The van der Waals surface area contributed by atoms with Crippen LogP contribution in [-0.4, -0.2) is 13.1 Å². The van der Waals surface area contributed by atoms with Gasteiger partial charge in [-0.25, -0.2) is 0 Å². The maximum Gasteiger partial charge on any atom is 0.0378 e. The van der Waals surface area contributed by atoms with Gasteiger partial charge in [-0.15, -0.1) is 11.3 Å². The summed E-state index contributed by atoms with van der Waals surface area (Å²) in [5.74, 6) is 0. The molecule has 16 heavy (non-hydrogen) atoms. The third-order valence-corrected chi connectivity index (χ3v) is 4.48. The van der Waals surface area contributed by atoms with Crippen molar-refractivity contribution in [3.05, 3.63) is 40.8 Å². The Morgan fingerprint density at radius 3 is 3.00 bits per heavy atom. The number of hydrogen-bond donors (Lipinski definition) is 1. The quantitative estimate of drug-likeness (QED) is 0.788. The molecule has 0 amide bonds. The third kappa shape index (κ3) is 1.68. The molecule has 1 aromatic carbocycles. The van der Waals surface area contributed by atoms with E-state index in [-0.39, 0.29) is 0 Å². The summed E-state index contributed by atoms with van der Waals surface area (Å²) in [6, 6.07) is 8.89. The molecular formula is C14H15NS. The SMILES string of the molecule is Cc1cccc2cc(C3=CCNCC3)sc12. The Kier molecular flexibility index (Phi) is 2.54. The predicted molar refractivity (Wildman–Crippen MR) is 72.0 cm³/mol. The summed E-state index contributed by atoms with van der Waals surface area (Å²) in [4.78, 5) is 1.45. The molecule has 1 aliphatic rings. The minimum Gasteiger partial charge on any atom is -0.313 e. The fourth-order valence-electron chi connectivity index (χ4n) is 2.21. The maximum atomic E-state index is 3.36. The lowest BCUT2D eigenvalue weighted by atomic mass is 10.1. The van der Waals surface area contributed by atoms with Crippen LogP contribution in [-0.2, 0) is 0 Å². The fourth-order valence-corrected chi connectivity index (χ4v) is 3.41. The normalized spacial score (nSPS) is 16.4. The first-order valence-electron chi connectivity index (χ1n) is 5.74. The fraction of sp³-hybridized carbons (Fsp3) is 0.286. The summed E-state index contributed by atoms with van der Waals surface area (Å²) >= 11 is 1.93. The van der Waals surface area contributed by atoms with Crippen molar-refractivity contribution in [2.75, 3.05) is 13.1 Å². The van der Waals surface area contributed by atoms with E-state index in [1.54, 1.807) is 0 Å². The molecule has 2 heterocycles. The van der Waals surface area contributed by atoms with Crippen molar-refractivity contribution in [3.63, 3.8) is 0 Å². The van der Waals surface area contributed by atoms with Gasteiger partial charge in [0.25, 0.3) is 0 Å². The van der Waals surface area contributed by atoms with Crippen molar-refractivity contribution < 1.29 is 0 Å². The molecule has 1 aromatic heterocycles. The van der Waals surface area contributed by atoms with Gasteiger partial charge in [-0.3, -0.25) is 0 Å². The Morgan fingerprint density at radius 2 is 2.25 bits per heavy atom. The van der Waals surface area contributed by atoms with Crippen LogP contribution in [0.1, 0.15) is 16.9 Å². The number of fused-ring (bicyclic) bond motifs is 1. The van der Waals surface area contributed by atoms with E-state index in [9.17, 15) is 0 Å². The molecule has 82 valence electrons. The van der Waals surface area contributed by atoms with Gasteiger partial charge in [-0.05, 0) is 42.5 Å². The van der Waals surface area contributed by atoms with Crippen molar-refractivity contribution in [2.24, 2.45) is 0 Å². The standard InChI is InChI=1S/C14H15NS/c1-10-3-2-4-12-9-13(16-14(10)12)11-5-7-15-8-6-11/h2-5,9,15H,6-8H2,1H3. The van der Waals surface area contributed by atoms with Crippen LogP contribution in [0, 0.1) is 6.92 Å². The van der Waals surface area contributed by atoms with Gasteiger partial charge >= 0.3 is 0 Å². The maximum absolute atomic E-state index is 3.36. The van der Waals surface area contributed by atoms with Gasteiger partial charge in [0.05, 0.1) is 0 Å². The van der Waals surface area contributed by atoms with E-state index in [1.807, 2.05) is 11.3 Å². The molecule has 2 heteroatoms. The van der Waals surface area contributed by atoms with Crippen LogP contribution in [0.15, 0.2) is 30.3 Å². The minimum absolute atomic E-state index is 1.02. The lowest BCUT2D eigenvalue weighted by Gasteiger charge is -2.11. The Bertz CT molecular complexity index is 551. The molecule has 0 unspecified atom stereocenters. The van der Waals surface area contributed by atoms with E-state index in [0.717, 1.165) is 19.5 Å². The van der Waals surface area contributed by atoms with E-state index >= 15 is 0 Å². The van der Waals surface area contributed by atoms with E-state index in [0.29, 0.717) is 0 Å². The summed E-state index contributed by atoms with van der Waals surface area (Å²) < 4.78 is 1.44. The molecule has 0 aliphatic carbocycles. The summed E-state index contributed by atoms with van der Waals surface area (Å²) in [7, 11) is 0. The first kappa shape index (κ1) is 10.1. The second kappa shape index (κ2) is 4.04. The molecule has 0 spiro atoms. The average molecular weight is 229 g/mol. The highest BCUT2D eigenvalue weighted by Gasteiger charge is 2.09. The molecule has 3 rings (SSSR count). The van der Waals surface area contributed by atoms with Crippen LogP contribution >= 0.6 is 11.3 Å². The number of hydrogen-bond acceptors (Lipinski definition) is 2. The number of thiophene rings is 1. The first-order chi connectivity index (χ1) is 7.84. The third-order valence-electron chi connectivity index (χ3n) is 3.12. The van der Waals surface area contributed by atoms with Crippen molar-refractivity contribution >= 4 is 27.0 Å². The number of benzene rings is 1. The smallest absolute Gasteiger partial charge is 0.0378 e. The van der Waals surface area contributed by atoms with Crippen LogP contribution in [0.2, 0.25) is 0 Å². The summed E-state index contributed by atoms with van der Waals surface area (Å²) in [5, 5.41) is 4.75. The van der Waals surface area contributed by atoms with E-state index in [2.05, 4.69) is 42.6 Å². The topological polar surface area (TPSA) is 12.0 Å². The Labute approximate surface area is 99.8 Å². The zero-order valence-electron chi connectivity index (χ0n) is 9.42. The van der Waals surface area contributed by atoms with Crippen LogP contribution in [0.5, 0.6) is 0 Å². The summed E-state index contributed by atoms with van der Waals surface area (Å²) in [6.45, 7) is 4.32. The Hall–Kier alpha value is -1.12. The molecule has 1 nitrogen and oxygen atoms in total. The number of aryl methyl sites for hydroxylation is 1. The van der Waals surface area contributed by atoms with Crippen molar-refractivity contribution in [3.8, 4) is 0 Å². The lowest BCUT2D eigenvalue weighted by molar-refractivity contribution is 0.739. The molecular weight excluding hydrogens is 214 g/mol. The Morgan fingerprint density at radius 1 is 1.31 bits per heavy atom. The van der Waals surface area contributed by atoms with Crippen molar-refractivity contribution in [1.29, 1.82) is 0 Å². The largest absolute Gasteiger partial charge is 0.313 e. The monoisotopic (exact) mass is 229 g/mol. The van der Waals surface area contributed by atoms with Crippen LogP contribution in [0.25, 0.3) is 15.7 Å². The van der Waals surface area contributed by atoms with Gasteiger partial charge < -0.3 is 5.32 Å². The summed E-state index contributed by atoms with van der Waals surface area (Å²) in [6.07, 6.45) is 3.48. The van der Waals surface area contributed by atoms with Gasteiger partial charge in [0.15, 0.2) is 0 Å². The zero-order valence-corrected chi connectivity index (χ0v) is 10.2. The highest BCUT2D eigenvalue weighted by molar-refractivity contribution is 7.20. The molecule has 0 bridgehead atoms. The second-order valence-electron chi connectivity index (χ2n) is 4.29. The van der Waals surface area contributed by atoms with E-state index in [4.69, 9.17) is 0 Å². The minimum atomic E-state index is 1.02. The lowest BCUT2D eigenvalue weighted by Crippen LogP contribution is -2.19. The summed E-state index contributed by atoms with van der Waals surface area (Å²) in [5.41, 5.74) is 2.91. The first-order valence-corrected chi connectivity index (χ1v) is 6.55. The highest BCUT2D eigenvalue weighted by atomic mass is 32.1. The second-order valence-corrected chi connectivity index (χ2v) is 5.34. The zero-order chi connectivity index (χ0) is 11.0. The van der Waals surface area contributed by atoms with Gasteiger partial charge in [0, 0.05) is 16.1 Å². The predicted octanol–water partition coefficient (Wildman–Crippen LogP) is 3.59. The molecule has 0 radical (unpaired) electrons. The molecule has 2 aromatic rings. The number of rotatable bonds is 1. The highest BCUT2D eigenvalue weighted by Crippen LogP contribution is 2.34. The van der Waals surface area contributed by atoms with Gasteiger partial charge in [-0.2, -0.15) is 0 Å². The van der Waals surface area contributed by atoms with Crippen molar-refractivity contribution in [1.82, 2.24) is 5.32 Å². The van der Waals surface area contributed by atoms with E-state index < -0.39 is 0 Å². The van der Waals surface area contributed by atoms with Gasteiger partial charge in [0.2, 0.25) is 0 Å². The van der Waals surface area contributed by atoms with Crippen LogP contribution in [0.4, 0.5) is 0 Å². The molecule has 1 N–H and O–H groups in total. The molecule has 0 fully saturated rings. The average Bonchev–Trinajstić information content (AvgIpc) is 2.76. The van der Waals surface area contributed by atoms with E-state index in [1.165, 1.54) is 26.1 Å². The Balaban J connectivity index is 2.11. The molecule has 0 saturated carbocycles. The van der Waals surface area contributed by atoms with Crippen LogP contribution in [0.3, 0.4) is 0 Å². The molecule has 0 atom stereocenters.